The van der Waals surface area contributed by atoms with Crippen molar-refractivity contribution in [3.05, 3.63) is 0 Å². The second-order valence-corrected chi connectivity index (χ2v) is 4.59. The molecular weight excluding hydrogens is 204 g/mol. The summed E-state index contributed by atoms with van der Waals surface area (Å²) < 4.78 is 10.3. The van der Waals surface area contributed by atoms with E-state index in [1.807, 2.05) is 0 Å². The van der Waals surface area contributed by atoms with Gasteiger partial charge in [-0.05, 0) is 25.7 Å². The van der Waals surface area contributed by atoms with Crippen molar-refractivity contribution in [2.75, 3.05) is 40.5 Å². The average molecular weight is 230 g/mol. The van der Waals surface area contributed by atoms with E-state index in [0.29, 0.717) is 12.1 Å². The minimum atomic E-state index is 0.419. The summed E-state index contributed by atoms with van der Waals surface area (Å²) in [5, 5.41) is 0. The van der Waals surface area contributed by atoms with Gasteiger partial charge in [-0.2, -0.15) is 0 Å². The molecule has 1 saturated carbocycles. The SMILES string of the molecule is COCCN(CCOC)C1CCC(N)CC1. The number of rotatable bonds is 7. The molecule has 4 nitrogen and oxygen atoms in total. The molecule has 0 unspecified atom stereocenters. The molecule has 0 aromatic carbocycles. The smallest absolute Gasteiger partial charge is 0.0589 e. The van der Waals surface area contributed by atoms with Crippen LogP contribution in [0.2, 0.25) is 0 Å². The number of methoxy groups -OCH3 is 2. The van der Waals surface area contributed by atoms with Crippen LogP contribution in [0.15, 0.2) is 0 Å². The maximum Gasteiger partial charge on any atom is 0.0589 e. The molecule has 0 aromatic heterocycles. The molecule has 0 spiro atoms. The molecule has 1 fully saturated rings. The molecule has 0 atom stereocenters. The topological polar surface area (TPSA) is 47.7 Å². The summed E-state index contributed by atoms with van der Waals surface area (Å²) in [5.41, 5.74) is 5.93. The zero-order valence-electron chi connectivity index (χ0n) is 10.7. The van der Waals surface area contributed by atoms with Crippen LogP contribution in [0.3, 0.4) is 0 Å². The first-order valence-corrected chi connectivity index (χ1v) is 6.25. The van der Waals surface area contributed by atoms with E-state index >= 15 is 0 Å². The van der Waals surface area contributed by atoms with Gasteiger partial charge in [0.15, 0.2) is 0 Å². The van der Waals surface area contributed by atoms with E-state index in [4.69, 9.17) is 15.2 Å². The molecule has 0 aromatic rings. The summed E-state index contributed by atoms with van der Waals surface area (Å²) >= 11 is 0. The van der Waals surface area contributed by atoms with Crippen molar-refractivity contribution in [1.82, 2.24) is 4.90 Å². The monoisotopic (exact) mass is 230 g/mol. The molecule has 0 amide bonds. The fourth-order valence-electron chi connectivity index (χ4n) is 2.36. The maximum atomic E-state index is 5.93. The first kappa shape index (κ1) is 13.9. The molecule has 1 rings (SSSR count). The fraction of sp³-hybridized carbons (Fsp3) is 1.00. The minimum Gasteiger partial charge on any atom is -0.383 e. The zero-order chi connectivity index (χ0) is 11.8. The lowest BCUT2D eigenvalue weighted by Crippen LogP contribution is -2.43. The van der Waals surface area contributed by atoms with Gasteiger partial charge in [0.25, 0.3) is 0 Å². The second kappa shape index (κ2) is 8.01. The lowest BCUT2D eigenvalue weighted by Gasteiger charge is -2.35. The van der Waals surface area contributed by atoms with Crippen LogP contribution >= 0.6 is 0 Å². The molecule has 0 radical (unpaired) electrons. The fourth-order valence-corrected chi connectivity index (χ4v) is 2.36. The van der Waals surface area contributed by atoms with Gasteiger partial charge in [0.2, 0.25) is 0 Å². The summed E-state index contributed by atoms with van der Waals surface area (Å²) in [5.74, 6) is 0. The summed E-state index contributed by atoms with van der Waals surface area (Å²) in [4.78, 5) is 2.49. The Morgan fingerprint density at radius 1 is 1.00 bits per heavy atom. The van der Waals surface area contributed by atoms with Crippen LogP contribution in [-0.4, -0.2) is 57.5 Å². The lowest BCUT2D eigenvalue weighted by atomic mass is 9.91. The van der Waals surface area contributed by atoms with Crippen LogP contribution in [0.4, 0.5) is 0 Å². The molecule has 96 valence electrons. The molecular formula is C12H26N2O2. The minimum absolute atomic E-state index is 0.419. The first-order valence-electron chi connectivity index (χ1n) is 6.25. The predicted molar refractivity (Wildman–Crippen MR) is 65.6 cm³/mol. The summed E-state index contributed by atoms with van der Waals surface area (Å²) in [6.07, 6.45) is 4.74. The van der Waals surface area contributed by atoms with Gasteiger partial charge in [-0.1, -0.05) is 0 Å². The third-order valence-electron chi connectivity index (χ3n) is 3.42. The molecule has 0 heterocycles. The molecule has 1 aliphatic carbocycles. The predicted octanol–water partition coefficient (Wildman–Crippen LogP) is 0.851. The molecule has 0 aliphatic heterocycles. The molecule has 0 bridgehead atoms. The van der Waals surface area contributed by atoms with Crippen molar-refractivity contribution >= 4 is 0 Å². The van der Waals surface area contributed by atoms with Gasteiger partial charge < -0.3 is 15.2 Å². The van der Waals surface area contributed by atoms with E-state index < -0.39 is 0 Å². The van der Waals surface area contributed by atoms with Gasteiger partial charge in [-0.25, -0.2) is 0 Å². The van der Waals surface area contributed by atoms with E-state index in [1.54, 1.807) is 14.2 Å². The van der Waals surface area contributed by atoms with Crippen LogP contribution in [0.25, 0.3) is 0 Å². The Morgan fingerprint density at radius 3 is 1.94 bits per heavy atom. The third-order valence-corrected chi connectivity index (χ3v) is 3.42. The third kappa shape index (κ3) is 4.78. The first-order chi connectivity index (χ1) is 7.77. The number of hydrogen-bond acceptors (Lipinski definition) is 4. The Labute approximate surface area is 99.1 Å². The second-order valence-electron chi connectivity index (χ2n) is 4.59. The largest absolute Gasteiger partial charge is 0.383 e. The average Bonchev–Trinajstić information content (AvgIpc) is 2.31. The summed E-state index contributed by atoms with van der Waals surface area (Å²) in [6.45, 7) is 3.60. The number of hydrogen-bond donors (Lipinski definition) is 1. The highest BCUT2D eigenvalue weighted by molar-refractivity contribution is 4.81. The van der Waals surface area contributed by atoms with E-state index in [9.17, 15) is 0 Å². The number of nitrogens with two attached hydrogens (primary N) is 1. The van der Waals surface area contributed by atoms with Crippen molar-refractivity contribution in [2.45, 2.75) is 37.8 Å². The highest BCUT2D eigenvalue weighted by atomic mass is 16.5. The Hall–Kier alpha value is -0.160. The van der Waals surface area contributed by atoms with Crippen molar-refractivity contribution in [2.24, 2.45) is 5.73 Å². The van der Waals surface area contributed by atoms with Crippen molar-refractivity contribution in [3.8, 4) is 0 Å². The van der Waals surface area contributed by atoms with Crippen LogP contribution in [0, 0.1) is 0 Å². The number of nitrogens with zero attached hydrogens (tertiary/aromatic N) is 1. The van der Waals surface area contributed by atoms with Gasteiger partial charge in [0.1, 0.15) is 0 Å². The molecule has 0 saturated heterocycles. The van der Waals surface area contributed by atoms with Gasteiger partial charge in [-0.3, -0.25) is 4.90 Å². The van der Waals surface area contributed by atoms with Crippen LogP contribution in [-0.2, 0) is 9.47 Å². The lowest BCUT2D eigenvalue weighted by molar-refractivity contribution is 0.0719. The normalized spacial score (nSPS) is 26.2. The zero-order valence-corrected chi connectivity index (χ0v) is 10.7. The van der Waals surface area contributed by atoms with Gasteiger partial charge in [0.05, 0.1) is 13.2 Å². The maximum absolute atomic E-state index is 5.93. The Kier molecular flexibility index (Phi) is 6.96. The van der Waals surface area contributed by atoms with Gasteiger partial charge >= 0.3 is 0 Å². The summed E-state index contributed by atoms with van der Waals surface area (Å²) in [6, 6.07) is 1.09. The van der Waals surface area contributed by atoms with Crippen molar-refractivity contribution < 1.29 is 9.47 Å². The van der Waals surface area contributed by atoms with Gasteiger partial charge in [-0.15, -0.1) is 0 Å². The standard InChI is InChI=1S/C12H26N2O2/c1-15-9-7-14(8-10-16-2)12-5-3-11(13)4-6-12/h11-12H,3-10,13H2,1-2H3. The highest BCUT2D eigenvalue weighted by Crippen LogP contribution is 2.21. The van der Waals surface area contributed by atoms with E-state index in [0.717, 1.165) is 39.1 Å². The van der Waals surface area contributed by atoms with Crippen LogP contribution in [0.5, 0.6) is 0 Å². The van der Waals surface area contributed by atoms with Crippen LogP contribution in [0.1, 0.15) is 25.7 Å². The van der Waals surface area contributed by atoms with Crippen LogP contribution < -0.4 is 5.73 Å². The number of ether oxygens (including phenoxy) is 2. The molecule has 1 aliphatic rings. The Balaban J connectivity index is 2.34. The van der Waals surface area contributed by atoms with E-state index in [-0.39, 0.29) is 0 Å². The highest BCUT2D eigenvalue weighted by Gasteiger charge is 2.23. The van der Waals surface area contributed by atoms with Gasteiger partial charge in [0, 0.05) is 39.4 Å². The van der Waals surface area contributed by atoms with Crippen molar-refractivity contribution in [1.29, 1.82) is 0 Å². The summed E-state index contributed by atoms with van der Waals surface area (Å²) in [7, 11) is 3.51. The Morgan fingerprint density at radius 2 is 1.50 bits per heavy atom. The van der Waals surface area contributed by atoms with E-state index in [2.05, 4.69) is 4.90 Å². The quantitative estimate of drug-likeness (QED) is 0.704. The molecule has 2 N–H and O–H groups in total. The van der Waals surface area contributed by atoms with Crippen molar-refractivity contribution in [3.63, 3.8) is 0 Å². The molecule has 16 heavy (non-hydrogen) atoms. The molecule has 4 heteroatoms. The van der Waals surface area contributed by atoms with E-state index in [1.165, 1.54) is 12.8 Å². The Bertz CT molecular complexity index is 162.